The number of aromatic nitrogens is 2. The molecule has 1 aliphatic rings. The van der Waals surface area contributed by atoms with Gasteiger partial charge in [0.2, 0.25) is 0 Å². The van der Waals surface area contributed by atoms with Crippen LogP contribution in [0.25, 0.3) is 0 Å². The average molecular weight is 292 g/mol. The highest BCUT2D eigenvalue weighted by Gasteiger charge is 2.30. The summed E-state index contributed by atoms with van der Waals surface area (Å²) in [6.45, 7) is 11.7. The van der Waals surface area contributed by atoms with Crippen molar-refractivity contribution in [3.63, 3.8) is 0 Å². The lowest BCUT2D eigenvalue weighted by Crippen LogP contribution is -2.55. The van der Waals surface area contributed by atoms with E-state index in [1.165, 1.54) is 0 Å². The van der Waals surface area contributed by atoms with Crippen LogP contribution in [0, 0.1) is 6.92 Å². The van der Waals surface area contributed by atoms with Gasteiger partial charge >= 0.3 is 6.09 Å². The zero-order valence-corrected chi connectivity index (χ0v) is 13.5. The highest BCUT2D eigenvalue weighted by Crippen LogP contribution is 2.21. The van der Waals surface area contributed by atoms with Crippen LogP contribution < -0.4 is 4.90 Å². The van der Waals surface area contributed by atoms with Crippen LogP contribution in [0.1, 0.15) is 33.4 Å². The molecule has 0 bridgehead atoms. The predicted molar refractivity (Wildman–Crippen MR) is 81.4 cm³/mol. The second-order valence-corrected chi connectivity index (χ2v) is 6.43. The van der Waals surface area contributed by atoms with E-state index in [4.69, 9.17) is 4.74 Å². The van der Waals surface area contributed by atoms with Gasteiger partial charge in [-0.3, -0.25) is 4.98 Å². The number of hydrogen-bond donors (Lipinski definition) is 0. The third-order valence-corrected chi connectivity index (χ3v) is 3.41. The summed E-state index contributed by atoms with van der Waals surface area (Å²) in [5.74, 6) is 0.897. The van der Waals surface area contributed by atoms with Crippen molar-refractivity contribution in [2.45, 2.75) is 46.3 Å². The van der Waals surface area contributed by atoms with Crippen LogP contribution in [0.5, 0.6) is 0 Å². The standard InChI is InChI=1S/C15H24N4O2/c1-11-10-18(14(20)21-15(3,4)5)8-9-19(11)13-12(2)16-6-7-17-13/h6-7,11H,8-10H2,1-5H3/t11-/m0/s1. The number of rotatable bonds is 1. The number of amides is 1. The first kappa shape index (κ1) is 15.5. The summed E-state index contributed by atoms with van der Waals surface area (Å²) in [5, 5.41) is 0. The molecule has 1 aromatic rings. The summed E-state index contributed by atoms with van der Waals surface area (Å²) in [5.41, 5.74) is 0.453. The van der Waals surface area contributed by atoms with Crippen molar-refractivity contribution in [1.82, 2.24) is 14.9 Å². The third kappa shape index (κ3) is 3.83. The first-order valence-corrected chi connectivity index (χ1v) is 7.30. The molecule has 0 spiro atoms. The van der Waals surface area contributed by atoms with Crippen LogP contribution in [-0.4, -0.2) is 52.2 Å². The number of carbonyl (C=O) groups excluding carboxylic acids is 1. The third-order valence-electron chi connectivity index (χ3n) is 3.41. The van der Waals surface area contributed by atoms with Crippen LogP contribution >= 0.6 is 0 Å². The molecule has 21 heavy (non-hydrogen) atoms. The van der Waals surface area contributed by atoms with Gasteiger partial charge in [-0.05, 0) is 34.6 Å². The van der Waals surface area contributed by atoms with E-state index in [0.717, 1.165) is 18.1 Å². The molecule has 1 aromatic heterocycles. The predicted octanol–water partition coefficient (Wildman–Crippen LogP) is 2.23. The van der Waals surface area contributed by atoms with E-state index in [9.17, 15) is 4.79 Å². The Labute approximate surface area is 126 Å². The number of anilines is 1. The Morgan fingerprint density at radius 1 is 1.29 bits per heavy atom. The molecule has 6 heteroatoms. The lowest BCUT2D eigenvalue weighted by atomic mass is 10.2. The molecule has 1 atom stereocenters. The summed E-state index contributed by atoms with van der Waals surface area (Å²) >= 11 is 0. The van der Waals surface area contributed by atoms with E-state index in [-0.39, 0.29) is 12.1 Å². The molecule has 2 rings (SSSR count). The average Bonchev–Trinajstić information content (AvgIpc) is 2.38. The van der Waals surface area contributed by atoms with Gasteiger partial charge in [-0.15, -0.1) is 0 Å². The van der Waals surface area contributed by atoms with Gasteiger partial charge in [0.05, 0.1) is 5.69 Å². The minimum Gasteiger partial charge on any atom is -0.444 e. The molecular weight excluding hydrogens is 268 g/mol. The SMILES string of the molecule is Cc1nccnc1N1CCN(C(=O)OC(C)(C)C)C[C@@H]1C. The van der Waals surface area contributed by atoms with Gasteiger partial charge in [0, 0.05) is 38.1 Å². The van der Waals surface area contributed by atoms with Crippen molar-refractivity contribution < 1.29 is 9.53 Å². The smallest absolute Gasteiger partial charge is 0.410 e. The molecule has 0 unspecified atom stereocenters. The lowest BCUT2D eigenvalue weighted by Gasteiger charge is -2.41. The molecule has 0 aromatic carbocycles. The Morgan fingerprint density at radius 2 is 1.95 bits per heavy atom. The van der Waals surface area contributed by atoms with Crippen molar-refractivity contribution in [3.05, 3.63) is 18.1 Å². The summed E-state index contributed by atoms with van der Waals surface area (Å²) in [6, 6.07) is 0.182. The normalized spacial score (nSPS) is 19.6. The minimum absolute atomic E-state index is 0.182. The second kappa shape index (κ2) is 5.87. The van der Waals surface area contributed by atoms with Crippen molar-refractivity contribution in [3.8, 4) is 0 Å². The number of piperazine rings is 1. The highest BCUT2D eigenvalue weighted by atomic mass is 16.6. The van der Waals surface area contributed by atoms with Gasteiger partial charge in [0.1, 0.15) is 11.4 Å². The summed E-state index contributed by atoms with van der Waals surface area (Å²) in [7, 11) is 0. The van der Waals surface area contributed by atoms with Gasteiger partial charge in [0.25, 0.3) is 0 Å². The molecule has 1 saturated heterocycles. The molecule has 6 nitrogen and oxygen atoms in total. The van der Waals surface area contributed by atoms with Crippen molar-refractivity contribution >= 4 is 11.9 Å². The molecule has 0 aliphatic carbocycles. The zero-order valence-electron chi connectivity index (χ0n) is 13.5. The maximum absolute atomic E-state index is 12.1. The Morgan fingerprint density at radius 3 is 2.52 bits per heavy atom. The van der Waals surface area contributed by atoms with Crippen LogP contribution in [0.3, 0.4) is 0 Å². The van der Waals surface area contributed by atoms with Gasteiger partial charge in [0.15, 0.2) is 0 Å². The van der Waals surface area contributed by atoms with E-state index < -0.39 is 5.60 Å². The molecule has 1 aliphatic heterocycles. The van der Waals surface area contributed by atoms with Gasteiger partial charge in [-0.25, -0.2) is 9.78 Å². The van der Waals surface area contributed by atoms with Crippen LogP contribution in [-0.2, 0) is 4.74 Å². The maximum atomic E-state index is 12.1. The molecule has 2 heterocycles. The molecule has 1 fully saturated rings. The fourth-order valence-electron chi connectivity index (χ4n) is 2.45. The highest BCUT2D eigenvalue weighted by molar-refractivity contribution is 5.68. The number of ether oxygens (including phenoxy) is 1. The molecule has 1 amide bonds. The second-order valence-electron chi connectivity index (χ2n) is 6.43. The van der Waals surface area contributed by atoms with E-state index in [0.29, 0.717) is 13.1 Å². The van der Waals surface area contributed by atoms with Crippen molar-refractivity contribution in [1.29, 1.82) is 0 Å². The molecule has 0 radical (unpaired) electrons. The first-order valence-electron chi connectivity index (χ1n) is 7.30. The maximum Gasteiger partial charge on any atom is 0.410 e. The fraction of sp³-hybridized carbons (Fsp3) is 0.667. The van der Waals surface area contributed by atoms with Crippen molar-refractivity contribution in [2.75, 3.05) is 24.5 Å². The van der Waals surface area contributed by atoms with Crippen LogP contribution in [0.4, 0.5) is 10.6 Å². The minimum atomic E-state index is -0.459. The van der Waals surface area contributed by atoms with E-state index in [1.807, 2.05) is 27.7 Å². The molecule has 116 valence electrons. The van der Waals surface area contributed by atoms with E-state index >= 15 is 0 Å². The summed E-state index contributed by atoms with van der Waals surface area (Å²) < 4.78 is 5.43. The quantitative estimate of drug-likeness (QED) is 0.794. The van der Waals surface area contributed by atoms with Crippen LogP contribution in [0.2, 0.25) is 0 Å². The van der Waals surface area contributed by atoms with Gasteiger partial charge in [-0.1, -0.05) is 0 Å². The Bertz CT molecular complexity index is 513. The van der Waals surface area contributed by atoms with Gasteiger partial charge in [-0.2, -0.15) is 0 Å². The van der Waals surface area contributed by atoms with E-state index in [2.05, 4.69) is 21.8 Å². The lowest BCUT2D eigenvalue weighted by molar-refractivity contribution is 0.0218. The fourth-order valence-corrected chi connectivity index (χ4v) is 2.45. The Kier molecular flexibility index (Phi) is 4.34. The number of aryl methyl sites for hydroxylation is 1. The zero-order chi connectivity index (χ0) is 15.6. The topological polar surface area (TPSA) is 58.6 Å². The van der Waals surface area contributed by atoms with Crippen LogP contribution in [0.15, 0.2) is 12.4 Å². The Balaban J connectivity index is 2.03. The number of hydrogen-bond acceptors (Lipinski definition) is 5. The summed E-state index contributed by atoms with van der Waals surface area (Å²) in [4.78, 5) is 24.8. The molecular formula is C15H24N4O2. The number of nitrogens with zero attached hydrogens (tertiary/aromatic N) is 4. The number of carbonyl (C=O) groups is 1. The monoisotopic (exact) mass is 292 g/mol. The largest absolute Gasteiger partial charge is 0.444 e. The van der Waals surface area contributed by atoms with Crippen molar-refractivity contribution in [2.24, 2.45) is 0 Å². The molecule has 0 saturated carbocycles. The van der Waals surface area contributed by atoms with E-state index in [1.54, 1.807) is 17.3 Å². The summed E-state index contributed by atoms with van der Waals surface area (Å²) in [6.07, 6.45) is 3.15. The molecule has 0 N–H and O–H groups in total. The Hall–Kier alpha value is -1.85. The van der Waals surface area contributed by atoms with Gasteiger partial charge < -0.3 is 14.5 Å². The first-order chi connectivity index (χ1) is 9.78.